The second kappa shape index (κ2) is 6.72. The van der Waals surface area contributed by atoms with E-state index in [0.717, 1.165) is 11.3 Å². The largest absolute Gasteiger partial charge is 0.348 e. The van der Waals surface area contributed by atoms with E-state index in [1.165, 1.54) is 0 Å². The summed E-state index contributed by atoms with van der Waals surface area (Å²) in [6, 6.07) is 18.9. The van der Waals surface area contributed by atoms with Gasteiger partial charge in [-0.2, -0.15) is 0 Å². The highest BCUT2D eigenvalue weighted by Crippen LogP contribution is 2.18. The van der Waals surface area contributed by atoms with Crippen molar-refractivity contribution in [3.63, 3.8) is 0 Å². The summed E-state index contributed by atoms with van der Waals surface area (Å²) in [5, 5.41) is 2.96. The zero-order chi connectivity index (χ0) is 15.2. The Kier molecular flexibility index (Phi) is 4.30. The predicted octanol–water partition coefficient (Wildman–Crippen LogP) is 2.79. The Morgan fingerprint density at radius 1 is 1.00 bits per heavy atom. The molecule has 0 radical (unpaired) electrons. The maximum absolute atomic E-state index is 12.7. The number of nitrogens with zero attached hydrogens (tertiary/aromatic N) is 2. The molecular weight excluding hydrogens is 274 g/mol. The molecule has 1 aromatic carbocycles. The van der Waals surface area contributed by atoms with Gasteiger partial charge in [-0.3, -0.25) is 9.78 Å². The van der Waals surface area contributed by atoms with Crippen LogP contribution in [0.15, 0.2) is 79.3 Å². The van der Waals surface area contributed by atoms with Crippen LogP contribution in [0.1, 0.15) is 17.3 Å². The van der Waals surface area contributed by atoms with Gasteiger partial charge in [0, 0.05) is 18.6 Å². The first-order chi connectivity index (χ1) is 10.8. The Bertz CT molecular complexity index is 709. The highest BCUT2D eigenvalue weighted by molar-refractivity contribution is 5.83. The number of rotatable bonds is 5. The minimum Gasteiger partial charge on any atom is -0.348 e. The Hall–Kier alpha value is -2.88. The van der Waals surface area contributed by atoms with Gasteiger partial charge < -0.3 is 9.88 Å². The third-order valence-electron chi connectivity index (χ3n) is 3.46. The number of carbonyl (C=O) groups is 1. The second-order valence-electron chi connectivity index (χ2n) is 4.98. The van der Waals surface area contributed by atoms with Crippen LogP contribution in [0, 0.1) is 0 Å². The molecule has 3 aromatic rings. The molecule has 0 saturated heterocycles. The van der Waals surface area contributed by atoms with Crippen LogP contribution >= 0.6 is 0 Å². The van der Waals surface area contributed by atoms with Gasteiger partial charge >= 0.3 is 0 Å². The average molecular weight is 291 g/mol. The van der Waals surface area contributed by atoms with Crippen molar-refractivity contribution in [1.82, 2.24) is 14.9 Å². The van der Waals surface area contributed by atoms with E-state index < -0.39 is 0 Å². The number of aromatic nitrogens is 2. The predicted molar refractivity (Wildman–Crippen MR) is 85.1 cm³/mol. The lowest BCUT2D eigenvalue weighted by atomic mass is 10.1. The number of benzene rings is 1. The van der Waals surface area contributed by atoms with E-state index in [2.05, 4.69) is 10.3 Å². The normalized spacial score (nSPS) is 11.8. The molecule has 0 spiro atoms. The molecule has 1 amide bonds. The van der Waals surface area contributed by atoms with Crippen molar-refractivity contribution < 1.29 is 4.79 Å². The molecule has 0 aliphatic heterocycles. The Balaban J connectivity index is 1.79. The number of hydrogen-bond donors (Lipinski definition) is 1. The van der Waals surface area contributed by atoms with E-state index in [1.807, 2.05) is 77.6 Å². The summed E-state index contributed by atoms with van der Waals surface area (Å²) in [7, 11) is 0. The number of pyridine rings is 1. The van der Waals surface area contributed by atoms with Crippen molar-refractivity contribution in [3.8, 4) is 0 Å². The SMILES string of the molecule is O=C(NCc1ccccn1)[C@H](c1ccccc1)n1cccc1. The second-order valence-corrected chi connectivity index (χ2v) is 4.98. The fourth-order valence-corrected chi connectivity index (χ4v) is 2.39. The maximum Gasteiger partial charge on any atom is 0.248 e. The number of carbonyl (C=O) groups excluding carboxylic acids is 1. The highest BCUT2D eigenvalue weighted by Gasteiger charge is 2.21. The summed E-state index contributed by atoms with van der Waals surface area (Å²) in [5.41, 5.74) is 1.80. The standard InChI is InChI=1S/C18H17N3O/c22-18(20-14-16-10-4-5-11-19-16)17(21-12-6-7-13-21)15-8-2-1-3-9-15/h1-13,17H,14H2,(H,20,22)/t17-/m0/s1. The number of nitrogens with one attached hydrogen (secondary N) is 1. The summed E-state index contributed by atoms with van der Waals surface area (Å²) in [6.45, 7) is 0.421. The molecule has 2 aromatic heterocycles. The molecule has 0 fully saturated rings. The van der Waals surface area contributed by atoms with Crippen molar-refractivity contribution in [3.05, 3.63) is 90.5 Å². The van der Waals surface area contributed by atoms with Crippen molar-refractivity contribution in [2.75, 3.05) is 0 Å². The monoisotopic (exact) mass is 291 g/mol. The van der Waals surface area contributed by atoms with Crippen LogP contribution in [-0.4, -0.2) is 15.5 Å². The molecule has 0 bridgehead atoms. The molecule has 2 heterocycles. The molecule has 0 aliphatic carbocycles. The van der Waals surface area contributed by atoms with Crippen LogP contribution in [0.3, 0.4) is 0 Å². The van der Waals surface area contributed by atoms with E-state index in [9.17, 15) is 4.79 Å². The fourth-order valence-electron chi connectivity index (χ4n) is 2.39. The first kappa shape index (κ1) is 14.1. The molecule has 1 atom stereocenters. The van der Waals surface area contributed by atoms with Crippen LogP contribution in [0.2, 0.25) is 0 Å². The van der Waals surface area contributed by atoms with E-state index in [4.69, 9.17) is 0 Å². The first-order valence-electron chi connectivity index (χ1n) is 7.19. The van der Waals surface area contributed by atoms with Crippen molar-refractivity contribution in [2.24, 2.45) is 0 Å². The first-order valence-corrected chi connectivity index (χ1v) is 7.19. The summed E-state index contributed by atoms with van der Waals surface area (Å²) in [5.74, 6) is -0.0481. The Morgan fingerprint density at radius 2 is 1.73 bits per heavy atom. The van der Waals surface area contributed by atoms with Gasteiger partial charge in [0.05, 0.1) is 12.2 Å². The van der Waals surface area contributed by atoms with E-state index >= 15 is 0 Å². The van der Waals surface area contributed by atoms with Crippen molar-refractivity contribution in [1.29, 1.82) is 0 Å². The molecule has 0 aliphatic rings. The third-order valence-corrected chi connectivity index (χ3v) is 3.46. The van der Waals surface area contributed by atoms with Gasteiger partial charge in [0.25, 0.3) is 0 Å². The lowest BCUT2D eigenvalue weighted by Gasteiger charge is -2.19. The van der Waals surface area contributed by atoms with E-state index in [1.54, 1.807) is 6.20 Å². The van der Waals surface area contributed by atoms with E-state index in [-0.39, 0.29) is 11.9 Å². The summed E-state index contributed by atoms with van der Waals surface area (Å²) in [6.07, 6.45) is 5.53. The Labute approximate surface area is 129 Å². The molecule has 110 valence electrons. The quantitative estimate of drug-likeness (QED) is 0.785. The smallest absolute Gasteiger partial charge is 0.248 e. The fraction of sp³-hybridized carbons (Fsp3) is 0.111. The minimum atomic E-state index is -0.375. The number of amides is 1. The molecule has 0 unspecified atom stereocenters. The molecule has 0 saturated carbocycles. The van der Waals surface area contributed by atoms with Crippen molar-refractivity contribution >= 4 is 5.91 Å². The van der Waals surface area contributed by atoms with Gasteiger partial charge in [-0.1, -0.05) is 36.4 Å². The zero-order valence-corrected chi connectivity index (χ0v) is 12.1. The van der Waals surface area contributed by atoms with Gasteiger partial charge in [0.2, 0.25) is 5.91 Å². The van der Waals surface area contributed by atoms with Gasteiger partial charge in [-0.15, -0.1) is 0 Å². The van der Waals surface area contributed by atoms with Crippen LogP contribution in [0.4, 0.5) is 0 Å². The van der Waals surface area contributed by atoms with E-state index in [0.29, 0.717) is 6.54 Å². The van der Waals surface area contributed by atoms with Gasteiger partial charge in [0.1, 0.15) is 6.04 Å². The molecule has 4 heteroatoms. The summed E-state index contributed by atoms with van der Waals surface area (Å²) >= 11 is 0. The van der Waals surface area contributed by atoms with Gasteiger partial charge in [-0.05, 0) is 29.8 Å². The highest BCUT2D eigenvalue weighted by atomic mass is 16.2. The molecular formula is C18H17N3O. The molecule has 1 N–H and O–H groups in total. The third kappa shape index (κ3) is 3.23. The summed E-state index contributed by atoms with van der Waals surface area (Å²) in [4.78, 5) is 16.9. The van der Waals surface area contributed by atoms with Gasteiger partial charge in [0.15, 0.2) is 0 Å². The minimum absolute atomic E-state index is 0.0481. The van der Waals surface area contributed by atoms with Crippen LogP contribution in [0.25, 0.3) is 0 Å². The zero-order valence-electron chi connectivity index (χ0n) is 12.1. The molecule has 3 rings (SSSR count). The van der Waals surface area contributed by atoms with Crippen molar-refractivity contribution in [2.45, 2.75) is 12.6 Å². The van der Waals surface area contributed by atoms with Crippen LogP contribution in [-0.2, 0) is 11.3 Å². The average Bonchev–Trinajstić information content (AvgIpc) is 3.09. The summed E-state index contributed by atoms with van der Waals surface area (Å²) < 4.78 is 1.91. The number of hydrogen-bond acceptors (Lipinski definition) is 2. The maximum atomic E-state index is 12.7. The van der Waals surface area contributed by atoms with Gasteiger partial charge in [-0.25, -0.2) is 0 Å². The molecule has 4 nitrogen and oxygen atoms in total. The lowest BCUT2D eigenvalue weighted by Crippen LogP contribution is -2.32. The topological polar surface area (TPSA) is 46.9 Å². The van der Waals surface area contributed by atoms with Crippen LogP contribution in [0.5, 0.6) is 0 Å². The molecule has 22 heavy (non-hydrogen) atoms. The lowest BCUT2D eigenvalue weighted by molar-refractivity contribution is -0.123. The Morgan fingerprint density at radius 3 is 2.41 bits per heavy atom. The van der Waals surface area contributed by atoms with Crippen LogP contribution < -0.4 is 5.32 Å².